The molecule has 1 aromatic heterocycles. The van der Waals surface area contributed by atoms with Crippen LogP contribution in [0.5, 0.6) is 0 Å². The molecule has 0 aromatic carbocycles. The number of hydrogen-bond acceptors (Lipinski definition) is 3. The molecule has 19 heavy (non-hydrogen) atoms. The van der Waals surface area contributed by atoms with Gasteiger partial charge in [-0.25, -0.2) is 0 Å². The number of carbonyl (C=O) groups is 2. The van der Waals surface area contributed by atoms with E-state index in [0.717, 1.165) is 25.0 Å². The Balaban J connectivity index is 1.98. The predicted molar refractivity (Wildman–Crippen MR) is 71.7 cm³/mol. The quantitative estimate of drug-likeness (QED) is 0.666. The molecular formula is C14H20N2O3. The van der Waals surface area contributed by atoms with Gasteiger partial charge in [-0.1, -0.05) is 6.07 Å². The number of aryl methyl sites for hydroxylation is 1. The molecule has 0 unspecified atom stereocenters. The number of rotatable bonds is 9. The lowest BCUT2D eigenvalue weighted by atomic mass is 10.2. The number of aromatic nitrogens is 1. The van der Waals surface area contributed by atoms with Gasteiger partial charge in [0.05, 0.1) is 0 Å². The predicted octanol–water partition coefficient (Wildman–Crippen LogP) is 1.78. The molecule has 0 radical (unpaired) electrons. The van der Waals surface area contributed by atoms with Gasteiger partial charge in [-0.3, -0.25) is 14.6 Å². The van der Waals surface area contributed by atoms with Crippen LogP contribution in [0.15, 0.2) is 24.4 Å². The van der Waals surface area contributed by atoms with Crippen LogP contribution in [0.4, 0.5) is 0 Å². The van der Waals surface area contributed by atoms with Gasteiger partial charge in [-0.05, 0) is 37.8 Å². The minimum atomic E-state index is -0.858. The SMILES string of the molecule is O=C(O)CCCC(=O)NCCCCc1ccccn1. The monoisotopic (exact) mass is 264 g/mol. The smallest absolute Gasteiger partial charge is 0.303 e. The third-order valence-electron chi connectivity index (χ3n) is 2.70. The van der Waals surface area contributed by atoms with Gasteiger partial charge in [0.2, 0.25) is 5.91 Å². The zero-order chi connectivity index (χ0) is 13.9. The molecule has 5 heteroatoms. The van der Waals surface area contributed by atoms with Crippen molar-refractivity contribution in [3.63, 3.8) is 0 Å². The molecule has 0 aliphatic carbocycles. The van der Waals surface area contributed by atoms with Crippen LogP contribution < -0.4 is 5.32 Å². The first-order chi connectivity index (χ1) is 9.18. The fraction of sp³-hybridized carbons (Fsp3) is 0.500. The van der Waals surface area contributed by atoms with E-state index in [-0.39, 0.29) is 18.7 Å². The summed E-state index contributed by atoms with van der Waals surface area (Å²) in [6.45, 7) is 0.638. The molecule has 1 aromatic rings. The van der Waals surface area contributed by atoms with Crippen molar-refractivity contribution < 1.29 is 14.7 Å². The molecule has 0 saturated heterocycles. The second-order valence-electron chi connectivity index (χ2n) is 4.38. The summed E-state index contributed by atoms with van der Waals surface area (Å²) < 4.78 is 0. The van der Waals surface area contributed by atoms with Gasteiger partial charge in [0.15, 0.2) is 0 Å². The second kappa shape index (κ2) is 9.08. The fourth-order valence-corrected chi connectivity index (χ4v) is 1.69. The highest BCUT2D eigenvalue weighted by atomic mass is 16.4. The highest BCUT2D eigenvalue weighted by Gasteiger charge is 2.03. The summed E-state index contributed by atoms with van der Waals surface area (Å²) >= 11 is 0. The van der Waals surface area contributed by atoms with Crippen molar-refractivity contribution in [1.82, 2.24) is 10.3 Å². The molecular weight excluding hydrogens is 244 g/mol. The van der Waals surface area contributed by atoms with E-state index in [1.54, 1.807) is 6.20 Å². The Morgan fingerprint density at radius 1 is 1.16 bits per heavy atom. The van der Waals surface area contributed by atoms with Crippen molar-refractivity contribution >= 4 is 11.9 Å². The van der Waals surface area contributed by atoms with E-state index in [1.807, 2.05) is 18.2 Å². The van der Waals surface area contributed by atoms with Crippen molar-refractivity contribution in [2.24, 2.45) is 0 Å². The average Bonchev–Trinajstić information content (AvgIpc) is 2.39. The number of hydrogen-bond donors (Lipinski definition) is 2. The number of carboxylic acid groups (broad SMARTS) is 1. The van der Waals surface area contributed by atoms with E-state index in [4.69, 9.17) is 5.11 Å². The molecule has 0 atom stereocenters. The van der Waals surface area contributed by atoms with E-state index < -0.39 is 5.97 Å². The fourth-order valence-electron chi connectivity index (χ4n) is 1.69. The van der Waals surface area contributed by atoms with E-state index in [2.05, 4.69) is 10.3 Å². The summed E-state index contributed by atoms with van der Waals surface area (Å²) in [4.78, 5) is 25.8. The second-order valence-corrected chi connectivity index (χ2v) is 4.38. The zero-order valence-electron chi connectivity index (χ0n) is 11.0. The van der Waals surface area contributed by atoms with Gasteiger partial charge in [0, 0.05) is 31.3 Å². The lowest BCUT2D eigenvalue weighted by Gasteiger charge is -2.04. The van der Waals surface area contributed by atoms with Crippen LogP contribution >= 0.6 is 0 Å². The lowest BCUT2D eigenvalue weighted by molar-refractivity contribution is -0.137. The van der Waals surface area contributed by atoms with Crippen LogP contribution in [0.2, 0.25) is 0 Å². The Morgan fingerprint density at radius 3 is 2.68 bits per heavy atom. The maximum Gasteiger partial charge on any atom is 0.303 e. The Labute approximate surface area is 113 Å². The van der Waals surface area contributed by atoms with E-state index in [9.17, 15) is 9.59 Å². The molecule has 0 bridgehead atoms. The molecule has 0 aliphatic rings. The number of amides is 1. The molecule has 104 valence electrons. The summed E-state index contributed by atoms with van der Waals surface area (Å²) in [6.07, 6.45) is 5.30. The van der Waals surface area contributed by atoms with Crippen molar-refractivity contribution in [2.45, 2.75) is 38.5 Å². The van der Waals surface area contributed by atoms with Crippen LogP contribution in [0.3, 0.4) is 0 Å². The van der Waals surface area contributed by atoms with Gasteiger partial charge in [0.1, 0.15) is 0 Å². The van der Waals surface area contributed by atoms with Gasteiger partial charge >= 0.3 is 5.97 Å². The number of unbranched alkanes of at least 4 members (excludes halogenated alkanes) is 1. The topological polar surface area (TPSA) is 79.3 Å². The molecule has 5 nitrogen and oxygen atoms in total. The van der Waals surface area contributed by atoms with Gasteiger partial charge in [0.25, 0.3) is 0 Å². The van der Waals surface area contributed by atoms with E-state index in [1.165, 1.54) is 0 Å². The van der Waals surface area contributed by atoms with Crippen molar-refractivity contribution in [1.29, 1.82) is 0 Å². The highest BCUT2D eigenvalue weighted by molar-refractivity contribution is 5.76. The number of nitrogens with zero attached hydrogens (tertiary/aromatic N) is 1. The highest BCUT2D eigenvalue weighted by Crippen LogP contribution is 2.01. The molecule has 2 N–H and O–H groups in total. The molecule has 0 fully saturated rings. The van der Waals surface area contributed by atoms with Gasteiger partial charge < -0.3 is 10.4 Å². The number of aliphatic carboxylic acids is 1. The molecule has 1 amide bonds. The number of nitrogens with one attached hydrogen (secondary N) is 1. The normalized spacial score (nSPS) is 10.1. The largest absolute Gasteiger partial charge is 0.481 e. The van der Waals surface area contributed by atoms with Crippen LogP contribution in [0.25, 0.3) is 0 Å². The summed E-state index contributed by atoms with van der Waals surface area (Å²) in [5.74, 6) is -0.928. The first-order valence-corrected chi connectivity index (χ1v) is 6.57. The number of carboxylic acids is 1. The van der Waals surface area contributed by atoms with E-state index in [0.29, 0.717) is 13.0 Å². The molecule has 0 aliphatic heterocycles. The third-order valence-corrected chi connectivity index (χ3v) is 2.70. The Morgan fingerprint density at radius 2 is 2.00 bits per heavy atom. The first-order valence-electron chi connectivity index (χ1n) is 6.57. The average molecular weight is 264 g/mol. The van der Waals surface area contributed by atoms with E-state index >= 15 is 0 Å². The Hall–Kier alpha value is -1.91. The van der Waals surface area contributed by atoms with Crippen LogP contribution in [0, 0.1) is 0 Å². The van der Waals surface area contributed by atoms with Crippen molar-refractivity contribution in [3.8, 4) is 0 Å². The molecule has 1 heterocycles. The molecule has 0 spiro atoms. The lowest BCUT2D eigenvalue weighted by Crippen LogP contribution is -2.24. The van der Waals surface area contributed by atoms with Crippen molar-refractivity contribution in [2.75, 3.05) is 6.54 Å². The standard InChI is InChI=1S/C14H20N2O3/c17-13(8-5-9-14(18)19)16-11-4-2-7-12-6-1-3-10-15-12/h1,3,6,10H,2,4-5,7-9,11H2,(H,16,17)(H,18,19). The summed E-state index contributed by atoms with van der Waals surface area (Å²) in [6, 6.07) is 5.85. The summed E-state index contributed by atoms with van der Waals surface area (Å²) in [5, 5.41) is 11.2. The Bertz CT molecular complexity index is 393. The van der Waals surface area contributed by atoms with Crippen LogP contribution in [-0.2, 0) is 16.0 Å². The van der Waals surface area contributed by atoms with Crippen LogP contribution in [0.1, 0.15) is 37.8 Å². The summed E-state index contributed by atoms with van der Waals surface area (Å²) in [7, 11) is 0. The van der Waals surface area contributed by atoms with Crippen molar-refractivity contribution in [3.05, 3.63) is 30.1 Å². The summed E-state index contributed by atoms with van der Waals surface area (Å²) in [5.41, 5.74) is 1.07. The minimum Gasteiger partial charge on any atom is -0.481 e. The first kappa shape index (κ1) is 15.1. The zero-order valence-corrected chi connectivity index (χ0v) is 11.0. The Kier molecular flexibility index (Phi) is 7.24. The minimum absolute atomic E-state index is 0.0487. The molecule has 0 saturated carbocycles. The third kappa shape index (κ3) is 7.91. The maximum absolute atomic E-state index is 11.3. The van der Waals surface area contributed by atoms with Gasteiger partial charge in [-0.2, -0.15) is 0 Å². The number of pyridine rings is 1. The van der Waals surface area contributed by atoms with Crippen LogP contribution in [-0.4, -0.2) is 28.5 Å². The van der Waals surface area contributed by atoms with Gasteiger partial charge in [-0.15, -0.1) is 0 Å². The molecule has 1 rings (SSSR count). The number of carbonyl (C=O) groups excluding carboxylic acids is 1. The maximum atomic E-state index is 11.3.